The van der Waals surface area contributed by atoms with Crippen LogP contribution in [0.1, 0.15) is 25.6 Å². The van der Waals surface area contributed by atoms with Crippen LogP contribution in [-0.2, 0) is 16.0 Å². The second kappa shape index (κ2) is 7.89. The third-order valence-electron chi connectivity index (χ3n) is 2.85. The Morgan fingerprint density at radius 3 is 2.83 bits per heavy atom. The number of nitrogens with one attached hydrogen (secondary N) is 1. The van der Waals surface area contributed by atoms with Gasteiger partial charge in [-0.25, -0.2) is 0 Å². The van der Waals surface area contributed by atoms with Gasteiger partial charge >= 0.3 is 0 Å². The first-order chi connectivity index (χ1) is 8.65. The molecule has 0 fully saturated rings. The molecule has 0 radical (unpaired) electrons. The predicted molar refractivity (Wildman–Crippen MR) is 74.7 cm³/mol. The van der Waals surface area contributed by atoms with Crippen molar-refractivity contribution in [3.8, 4) is 0 Å². The lowest BCUT2D eigenvalue weighted by molar-refractivity contribution is 0.0463. The van der Waals surface area contributed by atoms with Gasteiger partial charge in [-0.2, -0.15) is 5.10 Å². The molecule has 1 rings (SSSR count). The normalized spacial score (nSPS) is 14.7. The average Bonchev–Trinajstić information content (AvgIpc) is 2.70. The molecular formula is C12H22BrN3O2. The van der Waals surface area contributed by atoms with Crippen LogP contribution in [0.15, 0.2) is 10.7 Å². The molecule has 2 atom stereocenters. The second-order valence-corrected chi connectivity index (χ2v) is 4.87. The molecule has 0 saturated carbocycles. The van der Waals surface area contributed by atoms with Crippen LogP contribution in [0.5, 0.6) is 0 Å². The molecule has 6 heteroatoms. The van der Waals surface area contributed by atoms with Crippen molar-refractivity contribution in [1.82, 2.24) is 15.1 Å². The summed E-state index contributed by atoms with van der Waals surface area (Å²) in [4.78, 5) is 0. The summed E-state index contributed by atoms with van der Waals surface area (Å²) in [5.74, 6) is 0. The fourth-order valence-corrected chi connectivity index (χ4v) is 2.53. The lowest BCUT2D eigenvalue weighted by Crippen LogP contribution is -2.32. The summed E-state index contributed by atoms with van der Waals surface area (Å²) >= 11 is 3.55. The molecule has 104 valence electrons. The molecule has 5 nitrogen and oxygen atoms in total. The van der Waals surface area contributed by atoms with Crippen LogP contribution < -0.4 is 5.32 Å². The standard InChI is InChI=1S/C12H22BrN3O2/c1-5-18-9(2)11(14-3)12-10(13)8-15-16(12)6-7-17-4/h8-9,11,14H,5-7H2,1-4H3. The number of nitrogens with zero attached hydrogens (tertiary/aromatic N) is 2. The quantitative estimate of drug-likeness (QED) is 0.796. The number of aromatic nitrogens is 2. The van der Waals surface area contributed by atoms with Crippen LogP contribution in [0, 0.1) is 0 Å². The van der Waals surface area contributed by atoms with E-state index in [1.54, 1.807) is 7.11 Å². The number of likely N-dealkylation sites (N-methyl/N-ethyl adjacent to an activating group) is 1. The van der Waals surface area contributed by atoms with Crippen LogP contribution in [0.2, 0.25) is 0 Å². The van der Waals surface area contributed by atoms with E-state index in [-0.39, 0.29) is 12.1 Å². The van der Waals surface area contributed by atoms with Crippen LogP contribution >= 0.6 is 15.9 Å². The van der Waals surface area contributed by atoms with Crippen molar-refractivity contribution in [1.29, 1.82) is 0 Å². The molecule has 0 aliphatic heterocycles. The van der Waals surface area contributed by atoms with Gasteiger partial charge in [0.1, 0.15) is 0 Å². The first kappa shape index (κ1) is 15.6. The third-order valence-corrected chi connectivity index (χ3v) is 3.46. The first-order valence-electron chi connectivity index (χ1n) is 6.14. The van der Waals surface area contributed by atoms with E-state index in [9.17, 15) is 0 Å². The maximum Gasteiger partial charge on any atom is 0.0764 e. The highest BCUT2D eigenvalue weighted by atomic mass is 79.9. The highest BCUT2D eigenvalue weighted by Gasteiger charge is 2.24. The lowest BCUT2D eigenvalue weighted by atomic mass is 10.1. The van der Waals surface area contributed by atoms with Crippen molar-refractivity contribution in [2.45, 2.75) is 32.5 Å². The van der Waals surface area contributed by atoms with Crippen molar-refractivity contribution in [3.63, 3.8) is 0 Å². The van der Waals surface area contributed by atoms with Gasteiger partial charge in [-0.3, -0.25) is 4.68 Å². The smallest absolute Gasteiger partial charge is 0.0764 e. The number of halogens is 1. The fourth-order valence-electron chi connectivity index (χ4n) is 1.99. The van der Waals surface area contributed by atoms with Gasteiger partial charge in [-0.15, -0.1) is 0 Å². The summed E-state index contributed by atoms with van der Waals surface area (Å²) < 4.78 is 13.7. The Balaban J connectivity index is 2.92. The Morgan fingerprint density at radius 1 is 1.56 bits per heavy atom. The molecule has 1 aromatic heterocycles. The highest BCUT2D eigenvalue weighted by molar-refractivity contribution is 9.10. The lowest BCUT2D eigenvalue weighted by Gasteiger charge is -2.25. The molecule has 0 aromatic carbocycles. The fraction of sp³-hybridized carbons (Fsp3) is 0.750. The molecule has 1 aromatic rings. The monoisotopic (exact) mass is 319 g/mol. The SMILES string of the molecule is CCOC(C)C(NC)c1c(Br)cnn1CCOC. The van der Waals surface area contributed by atoms with Crippen molar-refractivity contribution in [3.05, 3.63) is 16.4 Å². The molecule has 0 aliphatic carbocycles. The van der Waals surface area contributed by atoms with E-state index >= 15 is 0 Å². The molecule has 0 bridgehead atoms. The third kappa shape index (κ3) is 3.78. The Bertz CT molecular complexity index is 357. The van der Waals surface area contributed by atoms with Gasteiger partial charge in [-0.1, -0.05) is 0 Å². The Morgan fingerprint density at radius 2 is 2.28 bits per heavy atom. The van der Waals surface area contributed by atoms with Gasteiger partial charge in [-0.05, 0) is 36.8 Å². The summed E-state index contributed by atoms with van der Waals surface area (Å²) in [6.07, 6.45) is 1.89. The van der Waals surface area contributed by atoms with E-state index in [0.29, 0.717) is 13.2 Å². The highest BCUT2D eigenvalue weighted by Crippen LogP contribution is 2.26. The van der Waals surface area contributed by atoms with E-state index in [1.807, 2.05) is 24.9 Å². The van der Waals surface area contributed by atoms with Gasteiger partial charge in [0, 0.05) is 13.7 Å². The van der Waals surface area contributed by atoms with Crippen molar-refractivity contribution >= 4 is 15.9 Å². The van der Waals surface area contributed by atoms with Crippen LogP contribution in [-0.4, -0.2) is 43.3 Å². The molecule has 0 aliphatic rings. The number of hydrogen-bond donors (Lipinski definition) is 1. The summed E-state index contributed by atoms with van der Waals surface area (Å²) in [5, 5.41) is 7.65. The molecule has 1 N–H and O–H groups in total. The van der Waals surface area contributed by atoms with Crippen LogP contribution in [0.25, 0.3) is 0 Å². The Labute approximate surface area is 117 Å². The molecular weight excluding hydrogens is 298 g/mol. The van der Waals surface area contributed by atoms with E-state index in [1.165, 1.54) is 0 Å². The predicted octanol–water partition coefficient (Wildman–Crippen LogP) is 1.98. The number of hydrogen-bond acceptors (Lipinski definition) is 4. The van der Waals surface area contributed by atoms with Crippen molar-refractivity contribution in [2.24, 2.45) is 0 Å². The average molecular weight is 320 g/mol. The van der Waals surface area contributed by atoms with Gasteiger partial charge in [0.15, 0.2) is 0 Å². The number of methoxy groups -OCH3 is 1. The van der Waals surface area contributed by atoms with E-state index in [0.717, 1.165) is 16.7 Å². The number of ether oxygens (including phenoxy) is 2. The van der Waals surface area contributed by atoms with E-state index in [2.05, 4.69) is 33.3 Å². The zero-order valence-corrected chi connectivity index (χ0v) is 13.0. The minimum absolute atomic E-state index is 0.0781. The van der Waals surface area contributed by atoms with Crippen molar-refractivity contribution in [2.75, 3.05) is 27.4 Å². The van der Waals surface area contributed by atoms with Gasteiger partial charge in [0.05, 0.1) is 41.7 Å². The molecule has 0 spiro atoms. The largest absolute Gasteiger partial charge is 0.383 e. The molecule has 0 amide bonds. The Kier molecular flexibility index (Phi) is 6.85. The summed E-state index contributed by atoms with van der Waals surface area (Å²) in [6, 6.07) is 0.0960. The molecule has 0 saturated heterocycles. The summed E-state index contributed by atoms with van der Waals surface area (Å²) in [7, 11) is 3.62. The molecule has 18 heavy (non-hydrogen) atoms. The minimum atomic E-state index is 0.0781. The van der Waals surface area contributed by atoms with Gasteiger partial charge in [0.2, 0.25) is 0 Å². The van der Waals surface area contributed by atoms with Crippen molar-refractivity contribution < 1.29 is 9.47 Å². The maximum absolute atomic E-state index is 5.68. The Hall–Kier alpha value is -0.430. The van der Waals surface area contributed by atoms with Crippen LogP contribution in [0.4, 0.5) is 0 Å². The zero-order chi connectivity index (χ0) is 13.5. The van der Waals surface area contributed by atoms with Gasteiger partial charge in [0.25, 0.3) is 0 Å². The van der Waals surface area contributed by atoms with E-state index < -0.39 is 0 Å². The summed E-state index contributed by atoms with van der Waals surface area (Å²) in [6.45, 7) is 6.13. The summed E-state index contributed by atoms with van der Waals surface area (Å²) in [5.41, 5.74) is 1.09. The number of rotatable bonds is 8. The molecule has 1 heterocycles. The zero-order valence-electron chi connectivity index (χ0n) is 11.4. The topological polar surface area (TPSA) is 48.3 Å². The van der Waals surface area contributed by atoms with E-state index in [4.69, 9.17) is 9.47 Å². The second-order valence-electron chi connectivity index (χ2n) is 4.02. The first-order valence-corrected chi connectivity index (χ1v) is 6.94. The maximum atomic E-state index is 5.68. The van der Waals surface area contributed by atoms with Gasteiger partial charge < -0.3 is 14.8 Å². The van der Waals surface area contributed by atoms with Crippen LogP contribution in [0.3, 0.4) is 0 Å². The minimum Gasteiger partial charge on any atom is -0.383 e. The molecule has 2 unspecified atom stereocenters.